The minimum atomic E-state index is -0.905. The van der Waals surface area contributed by atoms with Crippen LogP contribution in [0.25, 0.3) is 0 Å². The highest BCUT2D eigenvalue weighted by Crippen LogP contribution is 2.58. The van der Waals surface area contributed by atoms with Gasteiger partial charge in [0.1, 0.15) is 0 Å². The van der Waals surface area contributed by atoms with Crippen LogP contribution in [0.3, 0.4) is 0 Å². The van der Waals surface area contributed by atoms with Gasteiger partial charge in [-0.1, -0.05) is 13.8 Å². The smallest absolute Gasteiger partial charge is 0.307 e. The molecular weight excluding hydrogens is 194 g/mol. The van der Waals surface area contributed by atoms with Crippen LogP contribution in [0.2, 0.25) is 0 Å². The predicted octanol–water partition coefficient (Wildman–Crippen LogP) is 0.483. The van der Waals surface area contributed by atoms with Gasteiger partial charge < -0.3 is 10.4 Å². The molecule has 1 amide bonds. The van der Waals surface area contributed by atoms with Crippen LogP contribution in [0.15, 0.2) is 0 Å². The van der Waals surface area contributed by atoms with E-state index in [9.17, 15) is 9.59 Å². The topological polar surface area (TPSA) is 66.4 Å². The van der Waals surface area contributed by atoms with Crippen molar-refractivity contribution in [2.75, 3.05) is 6.54 Å². The lowest BCUT2D eigenvalue weighted by Crippen LogP contribution is -2.28. The summed E-state index contributed by atoms with van der Waals surface area (Å²) >= 11 is 0. The number of nitrogens with one attached hydrogen (secondary N) is 1. The van der Waals surface area contributed by atoms with Gasteiger partial charge >= 0.3 is 5.97 Å². The lowest BCUT2D eigenvalue weighted by atomic mass is 10.1. The highest BCUT2D eigenvalue weighted by molar-refractivity contribution is 5.91. The largest absolute Gasteiger partial charge is 0.481 e. The van der Waals surface area contributed by atoms with Gasteiger partial charge in [-0.05, 0) is 5.41 Å². The van der Waals surface area contributed by atoms with E-state index < -0.39 is 23.2 Å². The highest BCUT2D eigenvalue weighted by Gasteiger charge is 2.65. The summed E-state index contributed by atoms with van der Waals surface area (Å²) < 4.78 is 0. The van der Waals surface area contributed by atoms with Gasteiger partial charge in [0, 0.05) is 13.0 Å². The number of amides is 1. The third kappa shape index (κ3) is 2.12. The molecule has 0 aromatic carbocycles. The second-order valence-electron chi connectivity index (χ2n) is 4.36. The second kappa shape index (κ2) is 3.93. The Kier molecular flexibility index (Phi) is 3.04. The Labute approximate surface area is 89.0 Å². The average molecular weight is 209 g/mol. The molecule has 15 heavy (non-hydrogen) atoms. The van der Waals surface area contributed by atoms with Crippen molar-refractivity contribution >= 4 is 11.9 Å². The molecule has 2 N–H and O–H groups in total. The monoisotopic (exact) mass is 209 g/mol. The van der Waals surface area contributed by atoms with Crippen LogP contribution in [0, 0.1) is 29.6 Å². The molecule has 1 aliphatic carbocycles. The molecule has 0 heterocycles. The molecule has 4 nitrogen and oxygen atoms in total. The summed E-state index contributed by atoms with van der Waals surface area (Å²) in [7, 11) is 0. The number of rotatable bonds is 4. The standard InChI is InChI=1S/C11H15NO3/c1-4-5-6-12-9(13)7-8(10(14)15)11(7,2)3/h1,7-8H,5-6H2,2-3H3,(H,12,13)(H,14,15)/t7-,8+/m1/s1. The molecule has 0 unspecified atom stereocenters. The molecule has 1 rings (SSSR count). The van der Waals surface area contributed by atoms with Gasteiger partial charge in [-0.25, -0.2) is 0 Å². The van der Waals surface area contributed by atoms with Crippen molar-refractivity contribution < 1.29 is 14.7 Å². The summed E-state index contributed by atoms with van der Waals surface area (Å²) in [4.78, 5) is 22.4. The third-order valence-electron chi connectivity index (χ3n) is 2.94. The van der Waals surface area contributed by atoms with Crippen LogP contribution in [0.4, 0.5) is 0 Å². The number of terminal acetylenes is 1. The SMILES string of the molecule is C#CCCNC(=O)[C@H]1[C@@H](C(=O)O)C1(C)C. The zero-order chi connectivity index (χ0) is 11.6. The molecule has 4 heteroatoms. The number of carboxylic acid groups (broad SMARTS) is 1. The van der Waals surface area contributed by atoms with Crippen molar-refractivity contribution in [3.05, 3.63) is 0 Å². The molecule has 1 fully saturated rings. The van der Waals surface area contributed by atoms with E-state index in [0.29, 0.717) is 13.0 Å². The van der Waals surface area contributed by atoms with Crippen molar-refractivity contribution in [2.45, 2.75) is 20.3 Å². The maximum atomic E-state index is 11.6. The Morgan fingerprint density at radius 1 is 1.47 bits per heavy atom. The van der Waals surface area contributed by atoms with Crippen LogP contribution in [-0.4, -0.2) is 23.5 Å². The van der Waals surface area contributed by atoms with E-state index in [1.165, 1.54) is 0 Å². The molecule has 0 aromatic heterocycles. The lowest BCUT2D eigenvalue weighted by Gasteiger charge is -2.03. The average Bonchev–Trinajstić information content (AvgIpc) is 2.69. The molecule has 0 spiro atoms. The fourth-order valence-corrected chi connectivity index (χ4v) is 1.96. The summed E-state index contributed by atoms with van der Waals surface area (Å²) in [6.07, 6.45) is 5.51. The van der Waals surface area contributed by atoms with Crippen LogP contribution < -0.4 is 5.32 Å². The van der Waals surface area contributed by atoms with Crippen molar-refractivity contribution in [2.24, 2.45) is 17.3 Å². The lowest BCUT2D eigenvalue weighted by molar-refractivity contribution is -0.140. The van der Waals surface area contributed by atoms with Crippen LogP contribution in [0.1, 0.15) is 20.3 Å². The molecule has 2 atom stereocenters. The first-order valence-corrected chi connectivity index (χ1v) is 4.87. The molecule has 0 aliphatic heterocycles. The maximum absolute atomic E-state index is 11.6. The molecule has 0 radical (unpaired) electrons. The van der Waals surface area contributed by atoms with Gasteiger partial charge in [0.25, 0.3) is 0 Å². The summed E-state index contributed by atoms with van der Waals surface area (Å²) in [6, 6.07) is 0. The van der Waals surface area contributed by atoms with Crippen molar-refractivity contribution in [3.8, 4) is 12.3 Å². The van der Waals surface area contributed by atoms with Crippen LogP contribution in [-0.2, 0) is 9.59 Å². The molecule has 0 saturated heterocycles. The normalized spacial score (nSPS) is 26.5. The second-order valence-corrected chi connectivity index (χ2v) is 4.36. The number of hydrogen-bond acceptors (Lipinski definition) is 2. The number of hydrogen-bond donors (Lipinski definition) is 2. The van der Waals surface area contributed by atoms with E-state index >= 15 is 0 Å². The van der Waals surface area contributed by atoms with Gasteiger partial charge in [-0.15, -0.1) is 12.3 Å². The van der Waals surface area contributed by atoms with E-state index in [0.717, 1.165) is 0 Å². The van der Waals surface area contributed by atoms with Crippen LogP contribution >= 0.6 is 0 Å². The van der Waals surface area contributed by atoms with E-state index in [-0.39, 0.29) is 5.91 Å². The Morgan fingerprint density at radius 3 is 2.47 bits per heavy atom. The van der Waals surface area contributed by atoms with Crippen molar-refractivity contribution in [1.82, 2.24) is 5.32 Å². The van der Waals surface area contributed by atoms with Crippen molar-refractivity contribution in [3.63, 3.8) is 0 Å². The Bertz CT molecular complexity index is 327. The number of aliphatic carboxylic acids is 1. The van der Waals surface area contributed by atoms with Gasteiger partial charge in [0.15, 0.2) is 0 Å². The Hall–Kier alpha value is -1.50. The third-order valence-corrected chi connectivity index (χ3v) is 2.94. The highest BCUT2D eigenvalue weighted by atomic mass is 16.4. The Morgan fingerprint density at radius 2 is 2.07 bits per heavy atom. The minimum Gasteiger partial charge on any atom is -0.481 e. The summed E-state index contributed by atoms with van der Waals surface area (Å²) in [5.41, 5.74) is -0.438. The van der Waals surface area contributed by atoms with Crippen LogP contribution in [0.5, 0.6) is 0 Å². The minimum absolute atomic E-state index is 0.206. The van der Waals surface area contributed by atoms with Gasteiger partial charge in [-0.2, -0.15) is 0 Å². The quantitative estimate of drug-likeness (QED) is 0.523. The van der Waals surface area contributed by atoms with E-state index in [4.69, 9.17) is 11.5 Å². The summed E-state index contributed by atoms with van der Waals surface area (Å²) in [6.45, 7) is 3.99. The van der Waals surface area contributed by atoms with E-state index in [2.05, 4.69) is 11.2 Å². The van der Waals surface area contributed by atoms with Gasteiger partial charge in [-0.3, -0.25) is 9.59 Å². The first-order valence-electron chi connectivity index (χ1n) is 4.87. The van der Waals surface area contributed by atoms with Crippen molar-refractivity contribution in [1.29, 1.82) is 0 Å². The number of carboxylic acids is 1. The molecule has 1 aliphatic rings. The molecule has 1 saturated carbocycles. The maximum Gasteiger partial charge on any atom is 0.307 e. The molecule has 82 valence electrons. The van der Waals surface area contributed by atoms with Gasteiger partial charge in [0.2, 0.25) is 5.91 Å². The Balaban J connectivity index is 2.50. The summed E-state index contributed by atoms with van der Waals surface area (Å²) in [5, 5.41) is 11.5. The zero-order valence-corrected chi connectivity index (χ0v) is 8.91. The molecular formula is C11H15NO3. The fraction of sp³-hybridized carbons (Fsp3) is 0.636. The first kappa shape index (κ1) is 11.6. The van der Waals surface area contributed by atoms with Gasteiger partial charge in [0.05, 0.1) is 11.8 Å². The van der Waals surface area contributed by atoms with E-state index in [1.807, 2.05) is 0 Å². The molecule has 0 aromatic rings. The van der Waals surface area contributed by atoms with E-state index in [1.54, 1.807) is 13.8 Å². The number of carbonyl (C=O) groups is 2. The molecule has 0 bridgehead atoms. The first-order chi connectivity index (χ1) is 6.92. The predicted molar refractivity (Wildman–Crippen MR) is 54.9 cm³/mol. The summed E-state index contributed by atoms with van der Waals surface area (Å²) in [5.74, 6) is 0.305. The fourth-order valence-electron chi connectivity index (χ4n) is 1.96. The zero-order valence-electron chi connectivity index (χ0n) is 8.91. The number of carbonyl (C=O) groups excluding carboxylic acids is 1.